The molecule has 1 aliphatic carbocycles. The van der Waals surface area contributed by atoms with E-state index in [9.17, 15) is 4.39 Å². The van der Waals surface area contributed by atoms with E-state index in [0.29, 0.717) is 0 Å². The summed E-state index contributed by atoms with van der Waals surface area (Å²) in [6.45, 7) is 6.00. The van der Waals surface area contributed by atoms with Crippen molar-refractivity contribution in [1.82, 2.24) is 5.32 Å². The van der Waals surface area contributed by atoms with Crippen molar-refractivity contribution in [2.24, 2.45) is 11.8 Å². The number of nitrogens with one attached hydrogen (secondary N) is 1. The van der Waals surface area contributed by atoms with Gasteiger partial charge in [-0.2, -0.15) is 0 Å². The van der Waals surface area contributed by atoms with Crippen LogP contribution in [0.5, 0.6) is 0 Å². The molecule has 0 aromatic heterocycles. The molecule has 1 saturated carbocycles. The lowest BCUT2D eigenvalue weighted by atomic mass is 9.81. The normalized spacial score (nSPS) is 23.5. The molecular formula is C17H26FN. The molecule has 0 saturated heterocycles. The Labute approximate surface area is 116 Å². The van der Waals surface area contributed by atoms with Crippen molar-refractivity contribution < 1.29 is 4.39 Å². The Bertz CT molecular complexity index is 402. The number of benzene rings is 1. The molecule has 0 spiro atoms. The molecule has 2 atom stereocenters. The van der Waals surface area contributed by atoms with Crippen LogP contribution in [0.4, 0.5) is 4.39 Å². The van der Waals surface area contributed by atoms with Crippen LogP contribution in [-0.2, 0) is 6.54 Å². The van der Waals surface area contributed by atoms with Gasteiger partial charge in [-0.3, -0.25) is 0 Å². The van der Waals surface area contributed by atoms with Gasteiger partial charge in [0.05, 0.1) is 0 Å². The van der Waals surface area contributed by atoms with Crippen LogP contribution in [0.3, 0.4) is 0 Å². The van der Waals surface area contributed by atoms with Gasteiger partial charge in [-0.1, -0.05) is 38.3 Å². The lowest BCUT2D eigenvalue weighted by Gasteiger charge is -2.26. The molecule has 0 bridgehead atoms. The van der Waals surface area contributed by atoms with Gasteiger partial charge in [0.1, 0.15) is 5.82 Å². The molecule has 1 N–H and O–H groups in total. The lowest BCUT2D eigenvalue weighted by molar-refractivity contribution is 0.267. The summed E-state index contributed by atoms with van der Waals surface area (Å²) in [7, 11) is 0. The molecule has 1 aliphatic rings. The van der Waals surface area contributed by atoms with E-state index < -0.39 is 0 Å². The minimum absolute atomic E-state index is 0.0968. The van der Waals surface area contributed by atoms with Gasteiger partial charge in [0.15, 0.2) is 0 Å². The fraction of sp³-hybridized carbons (Fsp3) is 0.647. The van der Waals surface area contributed by atoms with Gasteiger partial charge in [-0.25, -0.2) is 4.39 Å². The van der Waals surface area contributed by atoms with Gasteiger partial charge in [0, 0.05) is 6.54 Å². The molecule has 0 heterocycles. The van der Waals surface area contributed by atoms with Crippen LogP contribution in [0.2, 0.25) is 0 Å². The van der Waals surface area contributed by atoms with Crippen molar-refractivity contribution in [2.75, 3.05) is 6.54 Å². The number of hydrogen-bond acceptors (Lipinski definition) is 1. The highest BCUT2D eigenvalue weighted by molar-refractivity contribution is 5.23. The maximum Gasteiger partial charge on any atom is 0.126 e. The maximum atomic E-state index is 13.4. The zero-order chi connectivity index (χ0) is 13.7. The van der Waals surface area contributed by atoms with Crippen molar-refractivity contribution in [2.45, 2.75) is 52.5 Å². The van der Waals surface area contributed by atoms with Gasteiger partial charge >= 0.3 is 0 Å². The topological polar surface area (TPSA) is 12.0 Å². The molecule has 2 heteroatoms. The van der Waals surface area contributed by atoms with E-state index in [4.69, 9.17) is 0 Å². The summed E-state index contributed by atoms with van der Waals surface area (Å²) in [5, 5.41) is 3.44. The lowest BCUT2D eigenvalue weighted by Crippen LogP contribution is -2.21. The summed E-state index contributed by atoms with van der Waals surface area (Å²) >= 11 is 0. The Morgan fingerprint density at radius 1 is 1.32 bits per heavy atom. The minimum atomic E-state index is -0.0968. The number of rotatable bonds is 5. The predicted octanol–water partition coefficient (Wildman–Crippen LogP) is 4.44. The average molecular weight is 263 g/mol. The van der Waals surface area contributed by atoms with Gasteiger partial charge in [0.25, 0.3) is 0 Å². The number of hydrogen-bond donors (Lipinski definition) is 1. The van der Waals surface area contributed by atoms with E-state index in [0.717, 1.165) is 36.1 Å². The van der Waals surface area contributed by atoms with Crippen molar-refractivity contribution in [3.8, 4) is 0 Å². The van der Waals surface area contributed by atoms with E-state index in [1.807, 2.05) is 12.1 Å². The van der Waals surface area contributed by atoms with Crippen LogP contribution >= 0.6 is 0 Å². The third-order valence-electron chi connectivity index (χ3n) is 4.34. The summed E-state index contributed by atoms with van der Waals surface area (Å²) in [4.78, 5) is 0. The predicted molar refractivity (Wildman–Crippen MR) is 78.6 cm³/mol. The second-order valence-electron chi connectivity index (χ2n) is 6.19. The van der Waals surface area contributed by atoms with Crippen LogP contribution in [0.15, 0.2) is 18.2 Å². The smallest absolute Gasteiger partial charge is 0.126 e. The van der Waals surface area contributed by atoms with E-state index in [2.05, 4.69) is 12.2 Å². The highest BCUT2D eigenvalue weighted by Crippen LogP contribution is 2.30. The van der Waals surface area contributed by atoms with Gasteiger partial charge in [0.2, 0.25) is 0 Å². The quantitative estimate of drug-likeness (QED) is 0.774. The monoisotopic (exact) mass is 263 g/mol. The van der Waals surface area contributed by atoms with Gasteiger partial charge < -0.3 is 5.32 Å². The zero-order valence-corrected chi connectivity index (χ0v) is 12.2. The van der Waals surface area contributed by atoms with Gasteiger partial charge in [-0.05, 0) is 55.3 Å². The molecule has 2 rings (SSSR count). The largest absolute Gasteiger partial charge is 0.313 e. The van der Waals surface area contributed by atoms with Crippen molar-refractivity contribution in [1.29, 1.82) is 0 Å². The fourth-order valence-electron chi connectivity index (χ4n) is 3.11. The third kappa shape index (κ3) is 4.61. The molecule has 0 radical (unpaired) electrons. The second-order valence-corrected chi connectivity index (χ2v) is 6.19. The number of aryl methyl sites for hydroxylation is 1. The zero-order valence-electron chi connectivity index (χ0n) is 12.2. The van der Waals surface area contributed by atoms with E-state index in [1.54, 1.807) is 13.0 Å². The van der Waals surface area contributed by atoms with Crippen molar-refractivity contribution >= 4 is 0 Å². The molecule has 2 unspecified atom stereocenters. The van der Waals surface area contributed by atoms with Gasteiger partial charge in [-0.15, -0.1) is 0 Å². The molecule has 106 valence electrons. The summed E-state index contributed by atoms with van der Waals surface area (Å²) < 4.78 is 13.4. The molecule has 1 fully saturated rings. The molecule has 1 aromatic rings. The van der Waals surface area contributed by atoms with Crippen LogP contribution in [-0.4, -0.2) is 6.54 Å². The minimum Gasteiger partial charge on any atom is -0.313 e. The average Bonchev–Trinajstić information content (AvgIpc) is 2.39. The Hall–Kier alpha value is -0.890. The van der Waals surface area contributed by atoms with E-state index >= 15 is 0 Å². The maximum absolute atomic E-state index is 13.4. The second kappa shape index (κ2) is 7.04. The van der Waals surface area contributed by atoms with Crippen molar-refractivity contribution in [3.63, 3.8) is 0 Å². The summed E-state index contributed by atoms with van der Waals surface area (Å²) in [6.07, 6.45) is 6.85. The Kier molecular flexibility index (Phi) is 5.38. The van der Waals surface area contributed by atoms with E-state index in [-0.39, 0.29) is 5.82 Å². The van der Waals surface area contributed by atoms with E-state index in [1.165, 1.54) is 32.1 Å². The van der Waals surface area contributed by atoms with Crippen LogP contribution in [0.1, 0.15) is 50.2 Å². The molecule has 19 heavy (non-hydrogen) atoms. The third-order valence-corrected chi connectivity index (χ3v) is 4.34. The van der Waals surface area contributed by atoms with Crippen LogP contribution < -0.4 is 5.32 Å². The molecule has 0 aliphatic heterocycles. The molecule has 0 amide bonds. The Balaban J connectivity index is 1.67. The first-order valence-corrected chi connectivity index (χ1v) is 7.61. The highest BCUT2D eigenvalue weighted by atomic mass is 19.1. The summed E-state index contributed by atoms with van der Waals surface area (Å²) in [5.41, 5.74) is 1.76. The Morgan fingerprint density at radius 3 is 2.89 bits per heavy atom. The Morgan fingerprint density at radius 2 is 2.16 bits per heavy atom. The molecule has 1 aromatic carbocycles. The molecular weight excluding hydrogens is 237 g/mol. The first-order chi connectivity index (χ1) is 9.15. The van der Waals surface area contributed by atoms with Crippen LogP contribution in [0, 0.1) is 24.6 Å². The summed E-state index contributed by atoms with van der Waals surface area (Å²) in [6, 6.07) is 5.51. The standard InChI is InChI=1S/C17H26FN/c1-13-4-3-5-15(10-13)8-9-19-12-16-7-6-14(2)17(18)11-16/h6-7,11,13,15,19H,3-5,8-10,12H2,1-2H3. The highest BCUT2D eigenvalue weighted by Gasteiger charge is 2.17. The SMILES string of the molecule is Cc1ccc(CNCCC2CCCC(C)C2)cc1F. The summed E-state index contributed by atoms with van der Waals surface area (Å²) in [5.74, 6) is 1.70. The fourth-order valence-corrected chi connectivity index (χ4v) is 3.11. The van der Waals surface area contributed by atoms with Crippen LogP contribution in [0.25, 0.3) is 0 Å². The number of halogens is 1. The van der Waals surface area contributed by atoms with Crippen molar-refractivity contribution in [3.05, 3.63) is 35.1 Å². The first-order valence-electron chi connectivity index (χ1n) is 7.61. The first kappa shape index (κ1) is 14.5. The molecule has 1 nitrogen and oxygen atoms in total.